The van der Waals surface area contributed by atoms with E-state index in [2.05, 4.69) is 4.98 Å². The quantitative estimate of drug-likeness (QED) is 0.845. The molecule has 17 heavy (non-hydrogen) atoms. The van der Waals surface area contributed by atoms with Crippen LogP contribution in [0.1, 0.15) is 15.4 Å². The van der Waals surface area contributed by atoms with Crippen LogP contribution in [0.2, 0.25) is 0 Å². The van der Waals surface area contributed by atoms with Gasteiger partial charge in [0.05, 0.1) is 10.6 Å². The molecule has 0 radical (unpaired) electrons. The number of carbonyl (C=O) groups is 1. The molecular formula is C13H11NO2S. The van der Waals surface area contributed by atoms with Gasteiger partial charge >= 0.3 is 5.97 Å². The van der Waals surface area contributed by atoms with Gasteiger partial charge in [0.1, 0.15) is 0 Å². The second-order valence-corrected chi connectivity index (χ2v) is 4.78. The summed E-state index contributed by atoms with van der Waals surface area (Å²) in [5.74, 6) is -0.928. The van der Waals surface area contributed by atoms with Gasteiger partial charge in [-0.3, -0.25) is 0 Å². The average Bonchev–Trinajstić information content (AvgIpc) is 2.73. The summed E-state index contributed by atoms with van der Waals surface area (Å²) in [4.78, 5) is 16.2. The van der Waals surface area contributed by atoms with E-state index in [-0.39, 0.29) is 5.57 Å². The predicted molar refractivity (Wildman–Crippen MR) is 68.8 cm³/mol. The fourth-order valence-corrected chi connectivity index (χ4v) is 2.20. The van der Waals surface area contributed by atoms with Crippen LogP contribution in [-0.2, 0) is 4.79 Å². The number of carboxylic acid groups (broad SMARTS) is 1. The lowest BCUT2D eigenvalue weighted by molar-refractivity contribution is -0.130. The molecule has 0 fully saturated rings. The molecule has 1 aromatic heterocycles. The van der Waals surface area contributed by atoms with Gasteiger partial charge in [-0.1, -0.05) is 30.3 Å². The first-order chi connectivity index (χ1) is 8.16. The third-order valence-corrected chi connectivity index (χ3v) is 3.10. The van der Waals surface area contributed by atoms with Gasteiger partial charge in [-0.05, 0) is 18.6 Å². The number of hydrogen-bond donors (Lipinski definition) is 1. The van der Waals surface area contributed by atoms with Gasteiger partial charge in [0.15, 0.2) is 0 Å². The van der Waals surface area contributed by atoms with Crippen molar-refractivity contribution in [3.63, 3.8) is 0 Å². The van der Waals surface area contributed by atoms with E-state index >= 15 is 0 Å². The highest BCUT2D eigenvalue weighted by atomic mass is 32.1. The standard InChI is InChI=1S/C13H11NO2S/c1-9-14-8-11(17-9)7-12(13(15)16)10-5-3-2-4-6-10/h2-8H,1H3,(H,15,16). The minimum Gasteiger partial charge on any atom is -0.478 e. The van der Waals surface area contributed by atoms with Gasteiger partial charge in [-0.15, -0.1) is 11.3 Å². The minimum atomic E-state index is -0.928. The maximum Gasteiger partial charge on any atom is 0.336 e. The molecule has 1 aromatic carbocycles. The molecule has 0 spiro atoms. The van der Waals surface area contributed by atoms with Gasteiger partial charge in [0.2, 0.25) is 0 Å². The van der Waals surface area contributed by atoms with Gasteiger partial charge in [0, 0.05) is 11.1 Å². The van der Waals surface area contributed by atoms with Crippen molar-refractivity contribution in [1.82, 2.24) is 4.98 Å². The number of nitrogens with zero attached hydrogens (tertiary/aromatic N) is 1. The number of rotatable bonds is 3. The second kappa shape index (κ2) is 4.93. The Labute approximate surface area is 103 Å². The number of aromatic nitrogens is 1. The molecule has 0 aliphatic rings. The number of thiazole rings is 1. The summed E-state index contributed by atoms with van der Waals surface area (Å²) in [6, 6.07) is 9.08. The van der Waals surface area contributed by atoms with Crippen molar-refractivity contribution in [2.24, 2.45) is 0 Å². The van der Waals surface area contributed by atoms with Gasteiger partial charge in [-0.25, -0.2) is 9.78 Å². The number of carboxylic acids is 1. The fourth-order valence-electron chi connectivity index (χ4n) is 1.47. The van der Waals surface area contributed by atoms with E-state index in [1.807, 2.05) is 25.1 Å². The minimum absolute atomic E-state index is 0.286. The maximum absolute atomic E-state index is 11.2. The fraction of sp³-hybridized carbons (Fsp3) is 0.0769. The number of aryl methyl sites for hydroxylation is 1. The molecule has 0 aliphatic carbocycles. The normalized spacial score (nSPS) is 11.5. The van der Waals surface area contributed by atoms with Crippen LogP contribution < -0.4 is 0 Å². The number of benzene rings is 1. The molecule has 0 unspecified atom stereocenters. The molecular weight excluding hydrogens is 234 g/mol. The Morgan fingerprint density at radius 3 is 2.59 bits per heavy atom. The molecule has 3 nitrogen and oxygen atoms in total. The van der Waals surface area contributed by atoms with Crippen molar-refractivity contribution in [2.75, 3.05) is 0 Å². The van der Waals surface area contributed by atoms with E-state index in [0.29, 0.717) is 5.56 Å². The van der Waals surface area contributed by atoms with Crippen LogP contribution in [-0.4, -0.2) is 16.1 Å². The second-order valence-electron chi connectivity index (χ2n) is 3.51. The Kier molecular flexibility index (Phi) is 3.35. The van der Waals surface area contributed by atoms with Gasteiger partial charge in [0.25, 0.3) is 0 Å². The molecule has 0 atom stereocenters. The molecule has 2 rings (SSSR count). The molecule has 4 heteroatoms. The lowest BCUT2D eigenvalue weighted by Crippen LogP contribution is -1.98. The molecule has 0 saturated heterocycles. The van der Waals surface area contributed by atoms with Crippen molar-refractivity contribution in [3.05, 3.63) is 52.0 Å². The maximum atomic E-state index is 11.2. The molecule has 1 N–H and O–H groups in total. The Balaban J connectivity index is 2.43. The molecule has 0 saturated carbocycles. The van der Waals surface area contributed by atoms with E-state index in [1.54, 1.807) is 24.4 Å². The van der Waals surface area contributed by atoms with Crippen LogP contribution in [0.15, 0.2) is 36.5 Å². The lowest BCUT2D eigenvalue weighted by atomic mass is 10.1. The summed E-state index contributed by atoms with van der Waals surface area (Å²) >= 11 is 1.48. The largest absolute Gasteiger partial charge is 0.478 e. The first kappa shape index (κ1) is 11.5. The first-order valence-corrected chi connectivity index (χ1v) is 5.91. The van der Waals surface area contributed by atoms with Crippen molar-refractivity contribution < 1.29 is 9.90 Å². The van der Waals surface area contributed by atoms with Crippen LogP contribution in [0.3, 0.4) is 0 Å². The van der Waals surface area contributed by atoms with Crippen LogP contribution in [0.25, 0.3) is 11.6 Å². The van der Waals surface area contributed by atoms with Gasteiger partial charge in [-0.2, -0.15) is 0 Å². The van der Waals surface area contributed by atoms with Gasteiger partial charge < -0.3 is 5.11 Å². The topological polar surface area (TPSA) is 50.2 Å². The molecule has 0 aliphatic heterocycles. The Hall–Kier alpha value is -1.94. The van der Waals surface area contributed by atoms with Crippen LogP contribution >= 0.6 is 11.3 Å². The first-order valence-electron chi connectivity index (χ1n) is 5.09. The summed E-state index contributed by atoms with van der Waals surface area (Å²) in [5.41, 5.74) is 0.986. The number of hydrogen-bond acceptors (Lipinski definition) is 3. The average molecular weight is 245 g/mol. The monoisotopic (exact) mass is 245 g/mol. The summed E-state index contributed by atoms with van der Waals surface area (Å²) < 4.78 is 0. The summed E-state index contributed by atoms with van der Waals surface area (Å²) in [5, 5.41) is 10.1. The highest BCUT2D eigenvalue weighted by Gasteiger charge is 2.10. The van der Waals surface area contributed by atoms with Crippen LogP contribution in [0.5, 0.6) is 0 Å². The zero-order valence-electron chi connectivity index (χ0n) is 9.25. The molecule has 2 aromatic rings. The Morgan fingerprint density at radius 2 is 2.06 bits per heavy atom. The molecule has 86 valence electrons. The van der Waals surface area contributed by atoms with E-state index in [4.69, 9.17) is 0 Å². The molecule has 0 bridgehead atoms. The van der Waals surface area contributed by atoms with Crippen LogP contribution in [0, 0.1) is 6.92 Å². The van der Waals surface area contributed by atoms with Crippen LogP contribution in [0.4, 0.5) is 0 Å². The van der Waals surface area contributed by atoms with E-state index in [9.17, 15) is 9.90 Å². The molecule has 1 heterocycles. The lowest BCUT2D eigenvalue weighted by Gasteiger charge is -2.01. The third-order valence-electron chi connectivity index (χ3n) is 2.24. The van der Waals surface area contributed by atoms with Crippen molar-refractivity contribution >= 4 is 29.0 Å². The smallest absolute Gasteiger partial charge is 0.336 e. The van der Waals surface area contributed by atoms with Crippen molar-refractivity contribution in [3.8, 4) is 0 Å². The number of aliphatic carboxylic acids is 1. The Bertz CT molecular complexity index is 558. The summed E-state index contributed by atoms with van der Waals surface area (Å²) in [6.07, 6.45) is 3.34. The highest BCUT2D eigenvalue weighted by Crippen LogP contribution is 2.21. The van der Waals surface area contributed by atoms with Crippen molar-refractivity contribution in [2.45, 2.75) is 6.92 Å². The predicted octanol–water partition coefficient (Wildman–Crippen LogP) is 3.08. The highest BCUT2D eigenvalue weighted by molar-refractivity contribution is 7.12. The van der Waals surface area contributed by atoms with E-state index < -0.39 is 5.97 Å². The van der Waals surface area contributed by atoms with E-state index in [1.165, 1.54) is 11.3 Å². The summed E-state index contributed by atoms with van der Waals surface area (Å²) in [7, 11) is 0. The third kappa shape index (κ3) is 2.79. The molecule has 0 amide bonds. The van der Waals surface area contributed by atoms with Crippen molar-refractivity contribution in [1.29, 1.82) is 0 Å². The zero-order chi connectivity index (χ0) is 12.3. The zero-order valence-corrected chi connectivity index (χ0v) is 10.1. The van der Waals surface area contributed by atoms with E-state index in [0.717, 1.165) is 9.88 Å². The SMILES string of the molecule is Cc1ncc(C=C(C(=O)O)c2ccccc2)s1. The summed E-state index contributed by atoms with van der Waals surface area (Å²) in [6.45, 7) is 1.89. The Morgan fingerprint density at radius 1 is 1.35 bits per heavy atom.